The second-order valence-corrected chi connectivity index (χ2v) is 9.51. The first-order valence-electron chi connectivity index (χ1n) is 14.2. The predicted octanol–water partition coefficient (Wildman–Crippen LogP) is 4.93. The molecule has 34 heavy (non-hydrogen) atoms. The van der Waals surface area contributed by atoms with Crippen LogP contribution in [-0.4, -0.2) is 67.9 Å². The number of ether oxygens (including phenoxy) is 2. The maximum Gasteiger partial charge on any atom is 0.188 e. The molecule has 0 spiro atoms. The van der Waals surface area contributed by atoms with Crippen molar-refractivity contribution in [2.75, 3.05) is 39.5 Å². The number of nitrogens with zero attached hydrogens (tertiary/aromatic N) is 1. The summed E-state index contributed by atoms with van der Waals surface area (Å²) in [4.78, 5) is 4.12. The van der Waals surface area contributed by atoms with Crippen molar-refractivity contribution in [1.82, 2.24) is 5.32 Å². The van der Waals surface area contributed by atoms with Gasteiger partial charge in [-0.05, 0) is 12.8 Å². The number of hydrogen-bond acceptors (Lipinski definition) is 5. The molecule has 0 amide bonds. The van der Waals surface area contributed by atoms with Crippen LogP contribution in [0.1, 0.15) is 117 Å². The van der Waals surface area contributed by atoms with Crippen LogP contribution in [0.4, 0.5) is 0 Å². The number of nitrogens with one attached hydrogen (secondary N) is 1. The Labute approximate surface area is 210 Å². The summed E-state index contributed by atoms with van der Waals surface area (Å²) >= 11 is 0. The fourth-order valence-electron chi connectivity index (χ4n) is 3.71. The third-order valence-electron chi connectivity index (χ3n) is 5.90. The summed E-state index contributed by atoms with van der Waals surface area (Å²) in [6, 6.07) is 0. The van der Waals surface area contributed by atoms with E-state index in [0.717, 1.165) is 12.8 Å². The summed E-state index contributed by atoms with van der Waals surface area (Å²) in [7, 11) is 0. The van der Waals surface area contributed by atoms with Gasteiger partial charge in [-0.3, -0.25) is 4.99 Å². The number of aliphatic hydroxyl groups is 2. The Morgan fingerprint density at radius 2 is 1.09 bits per heavy atom. The molecule has 0 saturated carbocycles. The van der Waals surface area contributed by atoms with Crippen molar-refractivity contribution in [3.63, 3.8) is 0 Å². The monoisotopic (exact) mass is 487 g/mol. The maximum absolute atomic E-state index is 9.99. The van der Waals surface area contributed by atoms with Gasteiger partial charge in [0.05, 0.1) is 32.0 Å². The third kappa shape index (κ3) is 25.7. The Kier molecular flexibility index (Phi) is 26.0. The van der Waals surface area contributed by atoms with Crippen LogP contribution in [0.25, 0.3) is 0 Å². The number of hydrogen-bond donors (Lipinski definition) is 4. The maximum atomic E-state index is 9.99. The first-order valence-corrected chi connectivity index (χ1v) is 14.2. The Balaban J connectivity index is 3.51. The van der Waals surface area contributed by atoms with Crippen LogP contribution >= 0.6 is 0 Å². The van der Waals surface area contributed by atoms with Gasteiger partial charge >= 0.3 is 0 Å². The molecule has 2 unspecified atom stereocenters. The molecule has 7 nitrogen and oxygen atoms in total. The van der Waals surface area contributed by atoms with Gasteiger partial charge in [0.2, 0.25) is 0 Å². The highest BCUT2D eigenvalue weighted by atomic mass is 16.5. The molecular formula is C27H57N3O4. The van der Waals surface area contributed by atoms with Crippen molar-refractivity contribution in [1.29, 1.82) is 0 Å². The summed E-state index contributed by atoms with van der Waals surface area (Å²) in [5.41, 5.74) is 5.81. The van der Waals surface area contributed by atoms with Crippen LogP contribution in [0.2, 0.25) is 0 Å². The van der Waals surface area contributed by atoms with E-state index < -0.39 is 12.2 Å². The molecule has 5 N–H and O–H groups in total. The van der Waals surface area contributed by atoms with Crippen molar-refractivity contribution in [3.05, 3.63) is 0 Å². The van der Waals surface area contributed by atoms with E-state index in [1.807, 2.05) is 0 Å². The molecule has 7 heteroatoms. The average molecular weight is 488 g/mol. The van der Waals surface area contributed by atoms with E-state index in [0.29, 0.717) is 13.2 Å². The van der Waals surface area contributed by atoms with Crippen LogP contribution in [0.15, 0.2) is 4.99 Å². The SMILES string of the molecule is CCCCCCCCCCOCC(O)CN=C(N)NCC(O)COCCCCCCCCCC. The van der Waals surface area contributed by atoms with Gasteiger partial charge in [0.25, 0.3) is 0 Å². The Morgan fingerprint density at radius 3 is 1.56 bits per heavy atom. The highest BCUT2D eigenvalue weighted by molar-refractivity contribution is 5.77. The first-order chi connectivity index (χ1) is 16.6. The van der Waals surface area contributed by atoms with Crippen molar-refractivity contribution in [2.24, 2.45) is 10.7 Å². The van der Waals surface area contributed by atoms with Gasteiger partial charge in [-0.25, -0.2) is 0 Å². The molecule has 0 rings (SSSR count). The molecule has 0 aromatic rings. The minimum atomic E-state index is -0.672. The summed E-state index contributed by atoms with van der Waals surface area (Å²) in [5, 5.41) is 22.8. The average Bonchev–Trinajstić information content (AvgIpc) is 2.83. The lowest BCUT2D eigenvalue weighted by atomic mass is 10.1. The van der Waals surface area contributed by atoms with E-state index in [1.54, 1.807) is 0 Å². The molecule has 0 fully saturated rings. The molecule has 0 heterocycles. The zero-order valence-corrected chi connectivity index (χ0v) is 22.4. The lowest BCUT2D eigenvalue weighted by Crippen LogP contribution is -2.39. The molecule has 0 aliphatic rings. The topological polar surface area (TPSA) is 109 Å². The van der Waals surface area contributed by atoms with Gasteiger partial charge in [-0.2, -0.15) is 0 Å². The molecule has 0 radical (unpaired) electrons. The smallest absolute Gasteiger partial charge is 0.188 e. The largest absolute Gasteiger partial charge is 0.389 e. The van der Waals surface area contributed by atoms with Gasteiger partial charge in [0.15, 0.2) is 5.96 Å². The van der Waals surface area contributed by atoms with Crippen LogP contribution in [0, 0.1) is 0 Å². The van der Waals surface area contributed by atoms with Crippen LogP contribution in [0.3, 0.4) is 0 Å². The van der Waals surface area contributed by atoms with Gasteiger partial charge in [-0.15, -0.1) is 0 Å². The fraction of sp³-hybridized carbons (Fsp3) is 0.963. The van der Waals surface area contributed by atoms with Crippen molar-refractivity contribution < 1.29 is 19.7 Å². The zero-order chi connectivity index (χ0) is 25.1. The Hall–Kier alpha value is -0.890. The van der Waals surface area contributed by atoms with E-state index in [9.17, 15) is 10.2 Å². The van der Waals surface area contributed by atoms with Gasteiger partial charge < -0.3 is 30.7 Å². The molecule has 0 aromatic heterocycles. The standard InChI is InChI=1S/C27H57N3O4/c1-3-5-7-9-11-13-15-17-19-33-23-25(31)21-29-27(28)30-22-26(32)24-34-20-18-16-14-12-10-8-6-4-2/h25-26,31-32H,3-24H2,1-2H3,(H3,28,29,30). The number of guanidine groups is 1. The van der Waals surface area contributed by atoms with E-state index in [1.165, 1.54) is 89.9 Å². The van der Waals surface area contributed by atoms with E-state index >= 15 is 0 Å². The first kappa shape index (κ1) is 33.1. The van der Waals surface area contributed by atoms with Crippen molar-refractivity contribution >= 4 is 5.96 Å². The highest BCUT2D eigenvalue weighted by Crippen LogP contribution is 2.09. The summed E-state index contributed by atoms with van der Waals surface area (Å²) < 4.78 is 11.1. The molecule has 0 aromatic carbocycles. The van der Waals surface area contributed by atoms with Crippen molar-refractivity contribution in [3.8, 4) is 0 Å². The predicted molar refractivity (Wildman–Crippen MR) is 143 cm³/mol. The minimum absolute atomic E-state index is 0.182. The molecule has 0 saturated heterocycles. The molecule has 0 aliphatic carbocycles. The Bertz CT molecular complexity index is 438. The fourth-order valence-corrected chi connectivity index (χ4v) is 3.71. The zero-order valence-electron chi connectivity index (χ0n) is 22.4. The molecule has 2 atom stereocenters. The lowest BCUT2D eigenvalue weighted by molar-refractivity contribution is 0.0372. The van der Waals surface area contributed by atoms with Gasteiger partial charge in [0.1, 0.15) is 0 Å². The quantitative estimate of drug-likeness (QED) is 0.0783. The summed E-state index contributed by atoms with van der Waals surface area (Å²) in [6.07, 6.45) is 18.9. The van der Waals surface area contributed by atoms with Gasteiger partial charge in [0, 0.05) is 19.8 Å². The number of nitrogens with two attached hydrogens (primary N) is 1. The van der Waals surface area contributed by atoms with Crippen LogP contribution < -0.4 is 11.1 Å². The molecule has 0 bridgehead atoms. The number of aliphatic imine (C=N–C) groups is 1. The highest BCUT2D eigenvalue weighted by Gasteiger charge is 2.06. The molecular weight excluding hydrogens is 430 g/mol. The lowest BCUT2D eigenvalue weighted by Gasteiger charge is -2.13. The minimum Gasteiger partial charge on any atom is -0.389 e. The second kappa shape index (κ2) is 26.7. The van der Waals surface area contributed by atoms with E-state index in [4.69, 9.17) is 15.2 Å². The normalized spacial score (nSPS) is 13.8. The van der Waals surface area contributed by atoms with Crippen LogP contribution in [0.5, 0.6) is 0 Å². The third-order valence-corrected chi connectivity index (χ3v) is 5.90. The van der Waals surface area contributed by atoms with E-state index in [2.05, 4.69) is 24.2 Å². The van der Waals surface area contributed by atoms with E-state index in [-0.39, 0.29) is 32.3 Å². The van der Waals surface area contributed by atoms with Crippen molar-refractivity contribution in [2.45, 2.75) is 129 Å². The number of rotatable bonds is 26. The summed E-state index contributed by atoms with van der Waals surface area (Å²) in [5.74, 6) is 0.212. The number of unbranched alkanes of at least 4 members (excludes halogenated alkanes) is 14. The Morgan fingerprint density at radius 1 is 0.676 bits per heavy atom. The molecule has 0 aliphatic heterocycles. The van der Waals surface area contributed by atoms with Gasteiger partial charge in [-0.1, -0.05) is 104 Å². The molecule has 204 valence electrons. The summed E-state index contributed by atoms with van der Waals surface area (Å²) in [6.45, 7) is 6.84. The second-order valence-electron chi connectivity index (χ2n) is 9.51. The van der Waals surface area contributed by atoms with Crippen LogP contribution in [-0.2, 0) is 9.47 Å². The number of aliphatic hydroxyl groups excluding tert-OH is 2.